The van der Waals surface area contributed by atoms with Gasteiger partial charge in [-0.3, -0.25) is 0 Å². The van der Waals surface area contributed by atoms with Crippen LogP contribution in [-0.2, 0) is 14.3 Å². The number of carbonyl (C=O) groups excluding carboxylic acids is 2. The molecule has 0 aliphatic rings. The molecule has 0 rings (SSSR count). The molecule has 5 nitrogen and oxygen atoms in total. The highest BCUT2D eigenvalue weighted by Crippen LogP contribution is 2.19. The Hall–Kier alpha value is -1.40. The zero-order chi connectivity index (χ0) is 13.9. The molecule has 0 radical (unpaired) electrons. The van der Waals surface area contributed by atoms with Crippen LogP contribution in [0, 0.1) is 0 Å². The Morgan fingerprint density at radius 3 is 1.94 bits per heavy atom. The van der Waals surface area contributed by atoms with Gasteiger partial charge in [-0.25, -0.2) is 18.4 Å². The first-order valence-electron chi connectivity index (χ1n) is 4.92. The van der Waals surface area contributed by atoms with Crippen LogP contribution in [0.15, 0.2) is 0 Å². The molecule has 0 fully saturated rings. The lowest BCUT2D eigenvalue weighted by molar-refractivity contribution is -0.152. The van der Waals surface area contributed by atoms with Gasteiger partial charge in [-0.05, 0) is 20.8 Å². The van der Waals surface area contributed by atoms with Crippen LogP contribution in [0.5, 0.6) is 0 Å². The van der Waals surface area contributed by atoms with Gasteiger partial charge in [0, 0.05) is 6.92 Å². The third kappa shape index (κ3) is 6.03. The minimum absolute atomic E-state index is 0.506. The summed E-state index contributed by atoms with van der Waals surface area (Å²) in [5.41, 5.74) is -0.840. The summed E-state index contributed by atoms with van der Waals surface area (Å²) >= 11 is 0. The smallest absolute Gasteiger partial charge is 0.408 e. The fourth-order valence-corrected chi connectivity index (χ4v) is 0.936. The quantitative estimate of drug-likeness (QED) is 0.777. The van der Waals surface area contributed by atoms with Crippen molar-refractivity contribution in [3.05, 3.63) is 0 Å². The van der Waals surface area contributed by atoms with Gasteiger partial charge in [0.05, 0.1) is 7.11 Å². The SMILES string of the molecule is COC(=O)C(NC(=O)OC(C)(C)C)C(C)(F)F. The summed E-state index contributed by atoms with van der Waals surface area (Å²) < 4.78 is 35.0. The molecule has 0 aromatic carbocycles. The van der Waals surface area contributed by atoms with E-state index in [0.717, 1.165) is 7.11 Å². The Kier molecular flexibility index (Phi) is 4.85. The molecule has 0 bridgehead atoms. The molecule has 1 unspecified atom stereocenters. The van der Waals surface area contributed by atoms with Crippen LogP contribution in [0.4, 0.5) is 13.6 Å². The van der Waals surface area contributed by atoms with E-state index in [9.17, 15) is 18.4 Å². The highest BCUT2D eigenvalue weighted by atomic mass is 19.3. The van der Waals surface area contributed by atoms with Crippen LogP contribution < -0.4 is 5.32 Å². The summed E-state index contributed by atoms with van der Waals surface area (Å²) in [6.45, 7) is 5.23. The number of carbonyl (C=O) groups is 2. The molecule has 1 N–H and O–H groups in total. The highest BCUT2D eigenvalue weighted by molar-refractivity contribution is 5.82. The number of amides is 1. The number of alkyl carbamates (subject to hydrolysis) is 1. The second-order valence-electron chi connectivity index (χ2n) is 4.56. The van der Waals surface area contributed by atoms with E-state index in [1.165, 1.54) is 0 Å². The second kappa shape index (κ2) is 5.29. The Labute approximate surface area is 98.5 Å². The number of alkyl halides is 2. The number of nitrogens with one attached hydrogen (secondary N) is 1. The lowest BCUT2D eigenvalue weighted by Gasteiger charge is -2.25. The molecule has 0 aliphatic carbocycles. The number of hydrogen-bond acceptors (Lipinski definition) is 4. The summed E-state index contributed by atoms with van der Waals surface area (Å²) in [5, 5.41) is 1.78. The van der Waals surface area contributed by atoms with E-state index in [-0.39, 0.29) is 0 Å². The maximum atomic E-state index is 13.0. The molecule has 0 heterocycles. The van der Waals surface area contributed by atoms with E-state index in [1.54, 1.807) is 26.1 Å². The number of hydrogen-bond donors (Lipinski definition) is 1. The highest BCUT2D eigenvalue weighted by Gasteiger charge is 2.42. The topological polar surface area (TPSA) is 64.6 Å². The first kappa shape index (κ1) is 15.6. The van der Waals surface area contributed by atoms with Crippen molar-refractivity contribution in [2.75, 3.05) is 7.11 Å². The molecular weight excluding hydrogens is 236 g/mol. The fraction of sp³-hybridized carbons (Fsp3) is 0.800. The van der Waals surface area contributed by atoms with Crippen LogP contribution >= 0.6 is 0 Å². The molecular formula is C10H17F2NO4. The van der Waals surface area contributed by atoms with Gasteiger partial charge in [0.25, 0.3) is 5.92 Å². The number of rotatable bonds is 3. The zero-order valence-corrected chi connectivity index (χ0v) is 10.5. The molecule has 17 heavy (non-hydrogen) atoms. The van der Waals surface area contributed by atoms with Gasteiger partial charge in [-0.15, -0.1) is 0 Å². The third-order valence-electron chi connectivity index (χ3n) is 1.60. The molecule has 0 saturated carbocycles. The molecule has 1 amide bonds. The molecule has 0 aliphatic heterocycles. The average Bonchev–Trinajstić information content (AvgIpc) is 2.08. The predicted octanol–water partition coefficient (Wildman–Crippen LogP) is 1.71. The van der Waals surface area contributed by atoms with E-state index in [1.807, 2.05) is 0 Å². The van der Waals surface area contributed by atoms with Crippen molar-refractivity contribution in [1.29, 1.82) is 0 Å². The number of methoxy groups -OCH3 is 1. The Bertz CT molecular complexity index is 294. The molecule has 0 saturated heterocycles. The molecule has 0 aromatic heterocycles. The Morgan fingerprint density at radius 2 is 1.65 bits per heavy atom. The largest absolute Gasteiger partial charge is 0.467 e. The maximum absolute atomic E-state index is 13.0. The lowest BCUT2D eigenvalue weighted by atomic mass is 10.1. The van der Waals surface area contributed by atoms with Crippen molar-refractivity contribution in [3.8, 4) is 0 Å². The van der Waals surface area contributed by atoms with Crippen molar-refractivity contribution < 1.29 is 27.8 Å². The molecule has 0 aromatic rings. The van der Waals surface area contributed by atoms with Crippen molar-refractivity contribution in [2.45, 2.75) is 45.3 Å². The van der Waals surface area contributed by atoms with Crippen LogP contribution in [-0.4, -0.2) is 36.7 Å². The Morgan fingerprint density at radius 1 is 1.18 bits per heavy atom. The minimum Gasteiger partial charge on any atom is -0.467 e. The van der Waals surface area contributed by atoms with Crippen LogP contribution in [0.1, 0.15) is 27.7 Å². The summed E-state index contributed by atoms with van der Waals surface area (Å²) in [4.78, 5) is 22.3. The van der Waals surface area contributed by atoms with E-state index >= 15 is 0 Å². The summed E-state index contributed by atoms with van der Waals surface area (Å²) in [7, 11) is 0.956. The summed E-state index contributed by atoms with van der Waals surface area (Å²) in [5.74, 6) is -4.67. The van der Waals surface area contributed by atoms with Crippen molar-refractivity contribution in [3.63, 3.8) is 0 Å². The number of esters is 1. The molecule has 0 spiro atoms. The van der Waals surface area contributed by atoms with E-state index in [2.05, 4.69) is 4.74 Å². The first-order valence-corrected chi connectivity index (χ1v) is 4.92. The molecule has 1 atom stereocenters. The van der Waals surface area contributed by atoms with Crippen LogP contribution in [0.25, 0.3) is 0 Å². The number of ether oxygens (including phenoxy) is 2. The fourth-order valence-electron chi connectivity index (χ4n) is 0.936. The lowest BCUT2D eigenvalue weighted by Crippen LogP contribution is -2.52. The molecule has 7 heteroatoms. The van der Waals surface area contributed by atoms with E-state index in [0.29, 0.717) is 6.92 Å². The Balaban J connectivity index is 4.67. The standard InChI is InChI=1S/C10H17F2NO4/c1-9(2,3)17-8(15)13-6(7(14)16-5)10(4,11)12/h6H,1-5H3,(H,13,15). The zero-order valence-electron chi connectivity index (χ0n) is 10.5. The van der Waals surface area contributed by atoms with Gasteiger partial charge >= 0.3 is 12.1 Å². The van der Waals surface area contributed by atoms with E-state index < -0.39 is 29.6 Å². The second-order valence-corrected chi connectivity index (χ2v) is 4.56. The van der Waals surface area contributed by atoms with Gasteiger partial charge in [-0.2, -0.15) is 0 Å². The first-order chi connectivity index (χ1) is 7.47. The van der Waals surface area contributed by atoms with Gasteiger partial charge in [0.15, 0.2) is 6.04 Å². The van der Waals surface area contributed by atoms with Gasteiger partial charge in [0.2, 0.25) is 0 Å². The monoisotopic (exact) mass is 253 g/mol. The van der Waals surface area contributed by atoms with E-state index in [4.69, 9.17) is 4.74 Å². The van der Waals surface area contributed by atoms with Gasteiger partial charge < -0.3 is 14.8 Å². The minimum atomic E-state index is -3.44. The van der Waals surface area contributed by atoms with Crippen LogP contribution in [0.3, 0.4) is 0 Å². The number of halogens is 2. The van der Waals surface area contributed by atoms with Crippen molar-refractivity contribution in [1.82, 2.24) is 5.32 Å². The predicted molar refractivity (Wildman–Crippen MR) is 55.8 cm³/mol. The van der Waals surface area contributed by atoms with Crippen molar-refractivity contribution in [2.24, 2.45) is 0 Å². The van der Waals surface area contributed by atoms with Gasteiger partial charge in [-0.1, -0.05) is 0 Å². The van der Waals surface area contributed by atoms with Gasteiger partial charge in [0.1, 0.15) is 5.60 Å². The summed E-state index contributed by atoms with van der Waals surface area (Å²) in [6, 6.07) is -2.07. The third-order valence-corrected chi connectivity index (χ3v) is 1.60. The van der Waals surface area contributed by atoms with Crippen molar-refractivity contribution >= 4 is 12.1 Å². The maximum Gasteiger partial charge on any atom is 0.408 e. The molecule has 100 valence electrons. The average molecular weight is 253 g/mol. The van der Waals surface area contributed by atoms with Crippen LogP contribution in [0.2, 0.25) is 0 Å². The normalized spacial score (nSPS) is 13.8. The summed E-state index contributed by atoms with van der Waals surface area (Å²) in [6.07, 6.45) is -1.10.